The van der Waals surface area contributed by atoms with Gasteiger partial charge in [0.25, 0.3) is 0 Å². The molecule has 2 nitrogen and oxygen atoms in total. The molecular weight excluding hydrogens is 320 g/mol. The minimum absolute atomic E-state index is 0.186. The Labute approximate surface area is 158 Å². The number of rotatable bonds is 3. The third-order valence-electron chi connectivity index (χ3n) is 7.26. The van der Waals surface area contributed by atoms with Gasteiger partial charge in [-0.1, -0.05) is 44.3 Å². The summed E-state index contributed by atoms with van der Waals surface area (Å²) in [5.41, 5.74) is 3.55. The summed E-state index contributed by atoms with van der Waals surface area (Å²) in [5.74, 6) is 3.53. The van der Waals surface area contributed by atoms with E-state index < -0.39 is 0 Å². The van der Waals surface area contributed by atoms with Gasteiger partial charge < -0.3 is 9.84 Å². The van der Waals surface area contributed by atoms with Crippen LogP contribution in [0.3, 0.4) is 0 Å². The van der Waals surface area contributed by atoms with Crippen molar-refractivity contribution in [1.29, 1.82) is 0 Å². The molecule has 3 aliphatic rings. The fourth-order valence-electron chi connectivity index (χ4n) is 5.75. The molecule has 2 heteroatoms. The quantitative estimate of drug-likeness (QED) is 0.613. The Morgan fingerprint density at radius 1 is 1.23 bits per heavy atom. The van der Waals surface area contributed by atoms with Gasteiger partial charge in [0.1, 0.15) is 17.1 Å². The van der Waals surface area contributed by atoms with Gasteiger partial charge in [-0.2, -0.15) is 0 Å². The van der Waals surface area contributed by atoms with Crippen molar-refractivity contribution in [2.75, 3.05) is 0 Å². The largest absolute Gasteiger partial charge is 0.508 e. The smallest absolute Gasteiger partial charge is 0.127 e. The van der Waals surface area contributed by atoms with E-state index >= 15 is 0 Å². The van der Waals surface area contributed by atoms with Crippen LogP contribution >= 0.6 is 0 Å². The summed E-state index contributed by atoms with van der Waals surface area (Å²) >= 11 is 0. The molecule has 1 saturated carbocycles. The predicted octanol–water partition coefficient (Wildman–Crippen LogP) is 6.69. The van der Waals surface area contributed by atoms with E-state index in [1.54, 1.807) is 0 Å². The molecule has 4 rings (SSSR count). The second kappa shape index (κ2) is 6.62. The maximum atomic E-state index is 10.9. The number of phenols is 1. The third-order valence-corrected chi connectivity index (χ3v) is 7.26. The van der Waals surface area contributed by atoms with Gasteiger partial charge in [0, 0.05) is 17.4 Å². The van der Waals surface area contributed by atoms with Crippen molar-refractivity contribution in [1.82, 2.24) is 0 Å². The van der Waals surface area contributed by atoms with Crippen molar-refractivity contribution in [3.05, 3.63) is 34.9 Å². The maximum absolute atomic E-state index is 10.9. The van der Waals surface area contributed by atoms with Gasteiger partial charge in [0.05, 0.1) is 0 Å². The molecule has 3 atom stereocenters. The molecule has 2 aliphatic carbocycles. The molecule has 1 aromatic carbocycles. The fraction of sp³-hybridized carbons (Fsp3) is 0.667. The standard InChI is InChI=1S/C24H34O2/c1-15-9-10-20-19(11-15)23-21(25)13-18(14-22(23)26-24(20,3)4)16(2)12-17-7-5-6-8-17/h9,13-14,16-17,19-20,25H,5-8,10-12H2,1-4H3. The van der Waals surface area contributed by atoms with E-state index in [1.165, 1.54) is 43.2 Å². The van der Waals surface area contributed by atoms with Crippen molar-refractivity contribution >= 4 is 0 Å². The number of phenolic OH excluding ortho intramolecular Hbond substituents is 1. The molecule has 1 aliphatic heterocycles. The van der Waals surface area contributed by atoms with Crippen LogP contribution in [0.4, 0.5) is 0 Å². The van der Waals surface area contributed by atoms with E-state index in [4.69, 9.17) is 4.74 Å². The number of aromatic hydroxyl groups is 1. The van der Waals surface area contributed by atoms with Gasteiger partial charge in [-0.25, -0.2) is 0 Å². The summed E-state index contributed by atoms with van der Waals surface area (Å²) in [6.45, 7) is 8.96. The SMILES string of the molecule is CC1=CCC2C(C1)c1c(O)cc(C(C)CC3CCCC3)cc1OC2(C)C. The summed E-state index contributed by atoms with van der Waals surface area (Å²) in [4.78, 5) is 0. The van der Waals surface area contributed by atoms with Crippen molar-refractivity contribution in [2.24, 2.45) is 11.8 Å². The minimum Gasteiger partial charge on any atom is -0.508 e. The molecule has 0 saturated heterocycles. The molecule has 0 bridgehead atoms. The monoisotopic (exact) mass is 354 g/mol. The van der Waals surface area contributed by atoms with Crippen LogP contribution in [0.5, 0.6) is 11.5 Å². The summed E-state index contributed by atoms with van der Waals surface area (Å²) in [5, 5.41) is 10.9. The molecule has 0 aromatic heterocycles. The first-order chi connectivity index (χ1) is 12.3. The second-order valence-electron chi connectivity index (χ2n) is 9.65. The van der Waals surface area contributed by atoms with Crippen molar-refractivity contribution in [2.45, 2.75) is 90.1 Å². The van der Waals surface area contributed by atoms with Crippen molar-refractivity contribution < 1.29 is 9.84 Å². The van der Waals surface area contributed by atoms with E-state index in [-0.39, 0.29) is 5.60 Å². The molecule has 3 unspecified atom stereocenters. The second-order valence-corrected chi connectivity index (χ2v) is 9.65. The Kier molecular flexibility index (Phi) is 4.57. The average Bonchev–Trinajstić information content (AvgIpc) is 3.06. The third kappa shape index (κ3) is 3.17. The predicted molar refractivity (Wildman–Crippen MR) is 107 cm³/mol. The van der Waals surface area contributed by atoms with E-state index in [2.05, 4.69) is 39.8 Å². The highest BCUT2D eigenvalue weighted by atomic mass is 16.5. The summed E-state index contributed by atoms with van der Waals surface area (Å²) in [6, 6.07) is 4.27. The number of hydrogen-bond donors (Lipinski definition) is 1. The highest BCUT2D eigenvalue weighted by molar-refractivity contribution is 5.53. The number of allylic oxidation sites excluding steroid dienone is 2. The van der Waals surface area contributed by atoms with Crippen LogP contribution in [0.25, 0.3) is 0 Å². The summed E-state index contributed by atoms with van der Waals surface area (Å²) < 4.78 is 6.48. The van der Waals surface area contributed by atoms with Crippen LogP contribution < -0.4 is 4.74 Å². The van der Waals surface area contributed by atoms with Gasteiger partial charge in [0.2, 0.25) is 0 Å². The minimum atomic E-state index is -0.186. The first kappa shape index (κ1) is 17.9. The van der Waals surface area contributed by atoms with Crippen LogP contribution in [0.2, 0.25) is 0 Å². The van der Waals surface area contributed by atoms with Crippen LogP contribution in [0, 0.1) is 11.8 Å². The Morgan fingerprint density at radius 2 is 1.96 bits per heavy atom. The number of hydrogen-bond acceptors (Lipinski definition) is 2. The zero-order valence-electron chi connectivity index (χ0n) is 16.8. The molecule has 1 N–H and O–H groups in total. The number of benzene rings is 1. The van der Waals surface area contributed by atoms with E-state index in [9.17, 15) is 5.11 Å². The molecule has 142 valence electrons. The lowest BCUT2D eigenvalue weighted by Crippen LogP contribution is -2.45. The van der Waals surface area contributed by atoms with E-state index in [0.717, 1.165) is 30.1 Å². The molecule has 0 spiro atoms. The average molecular weight is 355 g/mol. The normalized spacial score (nSPS) is 28.7. The molecule has 0 amide bonds. The Bertz CT molecular complexity index is 709. The first-order valence-electron chi connectivity index (χ1n) is 10.6. The zero-order valence-corrected chi connectivity index (χ0v) is 16.8. The lowest BCUT2D eigenvalue weighted by atomic mass is 9.67. The maximum Gasteiger partial charge on any atom is 0.127 e. The van der Waals surface area contributed by atoms with Gasteiger partial charge in [-0.3, -0.25) is 0 Å². The van der Waals surface area contributed by atoms with Crippen LogP contribution in [-0.4, -0.2) is 10.7 Å². The highest BCUT2D eigenvalue weighted by Crippen LogP contribution is 2.54. The van der Waals surface area contributed by atoms with Gasteiger partial charge in [0.15, 0.2) is 0 Å². The van der Waals surface area contributed by atoms with Crippen LogP contribution in [-0.2, 0) is 0 Å². The van der Waals surface area contributed by atoms with Crippen molar-refractivity contribution in [3.63, 3.8) is 0 Å². The molecule has 1 heterocycles. The van der Waals surface area contributed by atoms with Crippen molar-refractivity contribution in [3.8, 4) is 11.5 Å². The van der Waals surface area contributed by atoms with Crippen LogP contribution in [0.1, 0.15) is 95.6 Å². The number of fused-ring (bicyclic) bond motifs is 3. The topological polar surface area (TPSA) is 29.5 Å². The summed E-state index contributed by atoms with van der Waals surface area (Å²) in [6.07, 6.45) is 11.2. The van der Waals surface area contributed by atoms with Gasteiger partial charge in [-0.15, -0.1) is 0 Å². The van der Waals surface area contributed by atoms with E-state index in [1.807, 2.05) is 6.07 Å². The van der Waals surface area contributed by atoms with Crippen LogP contribution in [0.15, 0.2) is 23.8 Å². The first-order valence-corrected chi connectivity index (χ1v) is 10.6. The lowest BCUT2D eigenvalue weighted by Gasteiger charge is -2.47. The fourth-order valence-corrected chi connectivity index (χ4v) is 5.75. The Morgan fingerprint density at radius 3 is 2.69 bits per heavy atom. The lowest BCUT2D eigenvalue weighted by molar-refractivity contribution is 0.00748. The molecule has 1 fully saturated rings. The Balaban J connectivity index is 1.67. The highest BCUT2D eigenvalue weighted by Gasteiger charge is 2.45. The zero-order chi connectivity index (χ0) is 18.5. The molecular formula is C24H34O2. The molecule has 0 radical (unpaired) electrons. The van der Waals surface area contributed by atoms with Gasteiger partial charge >= 0.3 is 0 Å². The molecule has 1 aromatic rings. The van der Waals surface area contributed by atoms with Gasteiger partial charge in [-0.05, 0) is 69.6 Å². The molecule has 26 heavy (non-hydrogen) atoms. The van der Waals surface area contributed by atoms with E-state index in [0.29, 0.717) is 23.5 Å². The Hall–Kier alpha value is -1.44. The number of ether oxygens (including phenoxy) is 1. The summed E-state index contributed by atoms with van der Waals surface area (Å²) in [7, 11) is 0.